The van der Waals surface area contributed by atoms with Crippen LogP contribution in [0.4, 0.5) is 0 Å². The van der Waals surface area contributed by atoms with Gasteiger partial charge in [0.25, 0.3) is 0 Å². The van der Waals surface area contributed by atoms with Crippen molar-refractivity contribution in [2.45, 2.75) is 0 Å². The van der Waals surface area contributed by atoms with Crippen molar-refractivity contribution in [1.29, 1.82) is 0 Å². The Morgan fingerprint density at radius 2 is 2.40 bits per heavy atom. The quantitative estimate of drug-likeness (QED) is 0.542. The highest BCUT2D eigenvalue weighted by Crippen LogP contribution is 2.00. The summed E-state index contributed by atoms with van der Waals surface area (Å²) in [5.41, 5.74) is -0.306. The third-order valence-electron chi connectivity index (χ3n) is 1.23. The van der Waals surface area contributed by atoms with Gasteiger partial charge in [0.1, 0.15) is 0 Å². The van der Waals surface area contributed by atoms with E-state index in [0.29, 0.717) is 5.88 Å². The van der Waals surface area contributed by atoms with Gasteiger partial charge in [0.05, 0.1) is 7.11 Å². The average molecular weight is 140 g/mol. The first-order chi connectivity index (χ1) is 4.75. The van der Waals surface area contributed by atoms with Crippen molar-refractivity contribution in [1.82, 2.24) is 9.55 Å². The highest BCUT2D eigenvalue weighted by molar-refractivity contribution is 5.06. The molecule has 0 fully saturated rings. The number of methoxy groups -OCH3 is 1. The van der Waals surface area contributed by atoms with E-state index >= 15 is 0 Å². The average Bonchev–Trinajstić information content (AvgIpc) is 1.95. The summed E-state index contributed by atoms with van der Waals surface area (Å²) in [4.78, 5) is 14.3. The third-order valence-corrected chi connectivity index (χ3v) is 1.23. The Bertz CT molecular complexity index is 279. The maximum absolute atomic E-state index is 10.8. The maximum Gasteiger partial charge on any atom is 0.350 e. The molecule has 0 atom stereocenters. The summed E-state index contributed by atoms with van der Waals surface area (Å²) in [6, 6.07) is 1.63. The molecule has 0 N–H and O–H groups in total. The van der Waals surface area contributed by atoms with Gasteiger partial charge in [0.15, 0.2) is 5.88 Å². The summed E-state index contributed by atoms with van der Waals surface area (Å²) in [6.07, 6.45) is 1.42. The molecule has 0 aliphatic heterocycles. The summed E-state index contributed by atoms with van der Waals surface area (Å²) in [5.74, 6) is 0.514. The third kappa shape index (κ3) is 1.00. The highest BCUT2D eigenvalue weighted by atomic mass is 16.5. The molecule has 0 spiro atoms. The van der Waals surface area contributed by atoms with Crippen molar-refractivity contribution >= 4 is 0 Å². The van der Waals surface area contributed by atoms with Gasteiger partial charge in [-0.05, 0) is 0 Å². The van der Waals surface area contributed by atoms with Gasteiger partial charge in [-0.3, -0.25) is 4.57 Å². The highest BCUT2D eigenvalue weighted by Gasteiger charge is 1.95. The minimum Gasteiger partial charge on any atom is -0.482 e. The smallest absolute Gasteiger partial charge is 0.350 e. The number of nitrogens with zero attached hydrogens (tertiary/aromatic N) is 2. The summed E-state index contributed by atoms with van der Waals surface area (Å²) < 4.78 is 6.18. The van der Waals surface area contributed by atoms with Crippen LogP contribution in [0.15, 0.2) is 17.1 Å². The molecule has 0 saturated heterocycles. The van der Waals surface area contributed by atoms with Crippen LogP contribution in [-0.2, 0) is 7.05 Å². The fourth-order valence-corrected chi connectivity index (χ4v) is 0.662. The minimum absolute atomic E-state index is 0.306. The molecule has 1 rings (SSSR count). The second kappa shape index (κ2) is 2.51. The van der Waals surface area contributed by atoms with Crippen molar-refractivity contribution in [2.75, 3.05) is 7.11 Å². The van der Waals surface area contributed by atoms with Crippen LogP contribution in [0.3, 0.4) is 0 Å². The lowest BCUT2D eigenvalue weighted by atomic mass is 10.6. The summed E-state index contributed by atoms with van der Waals surface area (Å²) in [7, 11) is 3.11. The van der Waals surface area contributed by atoms with E-state index in [4.69, 9.17) is 4.74 Å². The molecule has 0 radical (unpaired) electrons. The lowest BCUT2D eigenvalue weighted by molar-refractivity contribution is 0.373. The monoisotopic (exact) mass is 140 g/mol. The second-order valence-electron chi connectivity index (χ2n) is 1.83. The van der Waals surface area contributed by atoms with Crippen molar-refractivity contribution in [3.8, 4) is 5.88 Å². The van der Waals surface area contributed by atoms with Crippen LogP contribution in [0.5, 0.6) is 5.88 Å². The van der Waals surface area contributed by atoms with Gasteiger partial charge in [-0.15, -0.1) is 0 Å². The molecule has 1 heterocycles. The Balaban J connectivity index is 3.28. The van der Waals surface area contributed by atoms with E-state index in [0.717, 1.165) is 0 Å². The zero-order chi connectivity index (χ0) is 7.56. The Hall–Kier alpha value is -1.32. The van der Waals surface area contributed by atoms with Crippen molar-refractivity contribution in [3.05, 3.63) is 22.7 Å². The van der Waals surface area contributed by atoms with Crippen molar-refractivity contribution in [3.63, 3.8) is 0 Å². The molecule has 0 aromatic carbocycles. The largest absolute Gasteiger partial charge is 0.482 e. The Morgan fingerprint density at radius 1 is 1.70 bits per heavy atom. The SMILES string of the molecule is COc1ccnc(=O)n1C. The standard InChI is InChI=1S/C6H8N2O2/c1-8-5(10-2)3-4-7-6(8)9/h3-4H,1-2H3. The van der Waals surface area contributed by atoms with Gasteiger partial charge >= 0.3 is 5.69 Å². The number of rotatable bonds is 1. The van der Waals surface area contributed by atoms with Crippen LogP contribution in [-0.4, -0.2) is 16.7 Å². The zero-order valence-corrected chi connectivity index (χ0v) is 5.87. The van der Waals surface area contributed by atoms with Crippen LogP contribution in [0.25, 0.3) is 0 Å². The van der Waals surface area contributed by atoms with Gasteiger partial charge < -0.3 is 4.74 Å². The molecule has 4 heteroatoms. The second-order valence-corrected chi connectivity index (χ2v) is 1.83. The van der Waals surface area contributed by atoms with Crippen LogP contribution in [0.2, 0.25) is 0 Å². The van der Waals surface area contributed by atoms with Gasteiger partial charge in [-0.2, -0.15) is 0 Å². The predicted octanol–water partition coefficient (Wildman–Crippen LogP) is -0.211. The van der Waals surface area contributed by atoms with E-state index in [9.17, 15) is 4.79 Å². The van der Waals surface area contributed by atoms with Crippen LogP contribution < -0.4 is 10.4 Å². The zero-order valence-electron chi connectivity index (χ0n) is 5.87. The molecule has 1 aromatic heterocycles. The van der Waals surface area contributed by atoms with E-state index in [2.05, 4.69) is 4.98 Å². The molecule has 54 valence electrons. The summed E-state index contributed by atoms with van der Waals surface area (Å²) in [5, 5.41) is 0. The molecule has 0 aliphatic carbocycles. The number of ether oxygens (including phenoxy) is 1. The summed E-state index contributed by atoms with van der Waals surface area (Å²) >= 11 is 0. The lowest BCUT2D eigenvalue weighted by Gasteiger charge is -2.02. The van der Waals surface area contributed by atoms with Crippen molar-refractivity contribution in [2.24, 2.45) is 7.05 Å². The molecule has 0 saturated carbocycles. The number of aromatic nitrogens is 2. The van der Waals surface area contributed by atoms with Crippen LogP contribution >= 0.6 is 0 Å². The molecule has 0 unspecified atom stereocenters. The Kier molecular flexibility index (Phi) is 1.71. The van der Waals surface area contributed by atoms with Gasteiger partial charge in [0, 0.05) is 19.3 Å². The van der Waals surface area contributed by atoms with Crippen LogP contribution in [0.1, 0.15) is 0 Å². The first-order valence-electron chi connectivity index (χ1n) is 2.81. The Labute approximate surface area is 58.1 Å². The summed E-state index contributed by atoms with van der Waals surface area (Å²) in [6.45, 7) is 0. The molecule has 0 aliphatic rings. The maximum atomic E-state index is 10.8. The van der Waals surface area contributed by atoms with E-state index in [1.807, 2.05) is 0 Å². The predicted molar refractivity (Wildman–Crippen MR) is 36.0 cm³/mol. The molecule has 10 heavy (non-hydrogen) atoms. The Morgan fingerprint density at radius 3 is 2.90 bits per heavy atom. The van der Waals surface area contributed by atoms with E-state index in [1.165, 1.54) is 17.9 Å². The van der Waals surface area contributed by atoms with Gasteiger partial charge in [-0.1, -0.05) is 0 Å². The fraction of sp³-hybridized carbons (Fsp3) is 0.333. The van der Waals surface area contributed by atoms with E-state index in [1.54, 1.807) is 13.1 Å². The fourth-order valence-electron chi connectivity index (χ4n) is 0.662. The molecule has 4 nitrogen and oxygen atoms in total. The van der Waals surface area contributed by atoms with Gasteiger partial charge in [-0.25, -0.2) is 9.78 Å². The topological polar surface area (TPSA) is 44.1 Å². The number of hydrogen-bond acceptors (Lipinski definition) is 3. The molecular formula is C6H8N2O2. The van der Waals surface area contributed by atoms with Crippen molar-refractivity contribution < 1.29 is 4.74 Å². The van der Waals surface area contributed by atoms with Gasteiger partial charge in [0.2, 0.25) is 0 Å². The van der Waals surface area contributed by atoms with E-state index in [-0.39, 0.29) is 5.69 Å². The molecule has 1 aromatic rings. The minimum atomic E-state index is -0.306. The first kappa shape index (κ1) is 6.80. The molecule has 0 bridgehead atoms. The van der Waals surface area contributed by atoms with E-state index < -0.39 is 0 Å². The molecule has 0 amide bonds. The molecular weight excluding hydrogens is 132 g/mol. The van der Waals surface area contributed by atoms with Crippen LogP contribution in [0, 0.1) is 0 Å². The number of hydrogen-bond donors (Lipinski definition) is 0. The normalized spacial score (nSPS) is 9.40. The first-order valence-corrected chi connectivity index (χ1v) is 2.81. The lowest BCUT2D eigenvalue weighted by Crippen LogP contribution is -2.19.